The van der Waals surface area contributed by atoms with E-state index in [2.05, 4.69) is 26.1 Å². The van der Waals surface area contributed by atoms with E-state index in [9.17, 15) is 0 Å². The van der Waals surface area contributed by atoms with Gasteiger partial charge in [0.25, 0.3) is 0 Å². The van der Waals surface area contributed by atoms with E-state index in [-0.39, 0.29) is 0 Å². The monoisotopic (exact) mass is 287 g/mol. The molecule has 0 aliphatic carbocycles. The molecule has 0 fully saturated rings. The number of aromatic nitrogens is 2. The van der Waals surface area contributed by atoms with Crippen LogP contribution < -0.4 is 5.73 Å². The Bertz CT molecular complexity index is 486. The zero-order valence-corrected chi connectivity index (χ0v) is 9.92. The molecule has 0 amide bonds. The first-order chi connectivity index (χ1) is 7.20. The number of pyridine rings is 1. The van der Waals surface area contributed by atoms with Gasteiger partial charge in [-0.15, -0.1) is 11.6 Å². The van der Waals surface area contributed by atoms with Crippen LogP contribution >= 0.6 is 27.5 Å². The van der Waals surface area contributed by atoms with Crippen molar-refractivity contribution in [2.45, 2.75) is 5.88 Å². The molecule has 78 valence electrons. The normalized spacial score (nSPS) is 10.5. The first-order valence-corrected chi connectivity index (χ1v) is 5.46. The molecule has 0 saturated heterocycles. The number of nitrogens with zero attached hydrogens (tertiary/aromatic N) is 2. The Kier molecular flexibility index (Phi) is 2.93. The average Bonchev–Trinajstić information content (AvgIpc) is 2.70. The third kappa shape index (κ3) is 2.13. The Hall–Kier alpha value is -1.07. The van der Waals surface area contributed by atoms with E-state index < -0.39 is 0 Å². The quantitative estimate of drug-likeness (QED) is 0.863. The maximum atomic E-state index is 5.72. The number of nitrogens with two attached hydrogens (primary N) is 1. The van der Waals surface area contributed by atoms with Gasteiger partial charge in [-0.2, -0.15) is 0 Å². The molecule has 0 spiro atoms. The lowest BCUT2D eigenvalue weighted by atomic mass is 10.2. The minimum absolute atomic E-state index is 0.310. The van der Waals surface area contributed by atoms with E-state index in [0.717, 1.165) is 4.47 Å². The number of alkyl halides is 1. The van der Waals surface area contributed by atoms with Gasteiger partial charge in [0.15, 0.2) is 5.76 Å². The van der Waals surface area contributed by atoms with Gasteiger partial charge in [-0.1, -0.05) is 5.16 Å². The summed E-state index contributed by atoms with van der Waals surface area (Å²) >= 11 is 8.93. The van der Waals surface area contributed by atoms with Gasteiger partial charge in [-0.25, -0.2) is 4.98 Å². The second kappa shape index (κ2) is 4.20. The average molecular weight is 289 g/mol. The predicted octanol–water partition coefficient (Wildman–Crippen LogP) is 2.82. The Morgan fingerprint density at radius 1 is 1.47 bits per heavy atom. The standard InChI is InChI=1S/C9H7BrClN3O/c10-5-1-7(9(12)13-4-5)8-2-6(3-11)14-15-8/h1-2,4H,3H2,(H2,12,13). The Morgan fingerprint density at radius 3 is 2.93 bits per heavy atom. The molecule has 0 bridgehead atoms. The van der Waals surface area contributed by atoms with Gasteiger partial charge in [0.2, 0.25) is 0 Å². The molecule has 2 heterocycles. The molecule has 15 heavy (non-hydrogen) atoms. The van der Waals surface area contributed by atoms with Gasteiger partial charge in [0, 0.05) is 16.7 Å². The van der Waals surface area contributed by atoms with Gasteiger partial charge < -0.3 is 10.3 Å². The first-order valence-electron chi connectivity index (χ1n) is 4.13. The fourth-order valence-corrected chi connectivity index (χ4v) is 1.61. The molecule has 4 nitrogen and oxygen atoms in total. The molecule has 2 aromatic rings. The van der Waals surface area contributed by atoms with Gasteiger partial charge >= 0.3 is 0 Å². The van der Waals surface area contributed by atoms with Crippen molar-refractivity contribution in [2.75, 3.05) is 5.73 Å². The van der Waals surface area contributed by atoms with Crippen LogP contribution in [0.25, 0.3) is 11.3 Å². The van der Waals surface area contributed by atoms with E-state index in [1.54, 1.807) is 12.3 Å². The third-order valence-electron chi connectivity index (χ3n) is 1.85. The van der Waals surface area contributed by atoms with Crippen LogP contribution in [0.5, 0.6) is 0 Å². The lowest BCUT2D eigenvalue weighted by Crippen LogP contribution is -1.92. The molecule has 0 aromatic carbocycles. The van der Waals surface area contributed by atoms with Crippen molar-refractivity contribution in [3.63, 3.8) is 0 Å². The Balaban J connectivity index is 2.48. The fraction of sp³-hybridized carbons (Fsp3) is 0.111. The van der Waals surface area contributed by atoms with Crippen LogP contribution in [-0.4, -0.2) is 10.1 Å². The number of hydrogen-bond donors (Lipinski definition) is 1. The molecule has 0 aliphatic heterocycles. The zero-order chi connectivity index (χ0) is 10.8. The van der Waals surface area contributed by atoms with E-state index in [1.165, 1.54) is 0 Å². The summed E-state index contributed by atoms with van der Waals surface area (Å²) in [5.41, 5.74) is 7.09. The number of nitrogen functional groups attached to an aromatic ring is 1. The van der Waals surface area contributed by atoms with Crippen LogP contribution in [0, 0.1) is 0 Å². The van der Waals surface area contributed by atoms with Gasteiger partial charge in [-0.3, -0.25) is 0 Å². The van der Waals surface area contributed by atoms with Crippen molar-refractivity contribution >= 4 is 33.3 Å². The van der Waals surface area contributed by atoms with E-state index >= 15 is 0 Å². The van der Waals surface area contributed by atoms with Gasteiger partial charge in [0.1, 0.15) is 5.82 Å². The van der Waals surface area contributed by atoms with Crippen LogP contribution in [0.1, 0.15) is 5.69 Å². The molecule has 0 atom stereocenters. The summed E-state index contributed by atoms with van der Waals surface area (Å²) in [7, 11) is 0. The van der Waals surface area contributed by atoms with Crippen LogP contribution in [-0.2, 0) is 5.88 Å². The molecular formula is C9H7BrClN3O. The minimum atomic E-state index is 0.310. The SMILES string of the molecule is Nc1ncc(Br)cc1-c1cc(CCl)no1. The number of rotatable bonds is 2. The lowest BCUT2D eigenvalue weighted by molar-refractivity contribution is 0.426. The highest BCUT2D eigenvalue weighted by atomic mass is 79.9. The molecular weight excluding hydrogens is 281 g/mol. The van der Waals surface area contributed by atoms with Crippen molar-refractivity contribution in [3.05, 3.63) is 28.5 Å². The molecule has 0 aliphatic rings. The van der Waals surface area contributed by atoms with E-state index in [1.807, 2.05) is 6.07 Å². The lowest BCUT2D eigenvalue weighted by Gasteiger charge is -2.00. The second-order valence-corrected chi connectivity index (χ2v) is 4.09. The van der Waals surface area contributed by atoms with E-state index in [4.69, 9.17) is 21.9 Å². The topological polar surface area (TPSA) is 64.9 Å². The summed E-state index contributed by atoms with van der Waals surface area (Å²) < 4.78 is 5.93. The van der Waals surface area contributed by atoms with Gasteiger partial charge in [0.05, 0.1) is 17.1 Å². The molecule has 0 radical (unpaired) electrons. The highest BCUT2D eigenvalue weighted by molar-refractivity contribution is 9.10. The van der Waals surface area contributed by atoms with Crippen LogP contribution in [0.2, 0.25) is 0 Å². The zero-order valence-electron chi connectivity index (χ0n) is 7.58. The summed E-state index contributed by atoms with van der Waals surface area (Å²) in [6, 6.07) is 3.56. The van der Waals surface area contributed by atoms with Crippen LogP contribution in [0.15, 0.2) is 27.3 Å². The Labute approximate surface area is 99.5 Å². The van der Waals surface area contributed by atoms with E-state index in [0.29, 0.717) is 28.7 Å². The van der Waals surface area contributed by atoms with Crippen molar-refractivity contribution in [2.24, 2.45) is 0 Å². The highest BCUT2D eigenvalue weighted by Gasteiger charge is 2.10. The minimum Gasteiger partial charge on any atom is -0.383 e. The van der Waals surface area contributed by atoms with Crippen molar-refractivity contribution in [1.29, 1.82) is 0 Å². The molecule has 6 heteroatoms. The summed E-state index contributed by atoms with van der Waals surface area (Å²) in [5, 5.41) is 3.78. The second-order valence-electron chi connectivity index (χ2n) is 2.90. The highest BCUT2D eigenvalue weighted by Crippen LogP contribution is 2.27. The molecule has 2 rings (SSSR count). The van der Waals surface area contributed by atoms with Crippen LogP contribution in [0.3, 0.4) is 0 Å². The summed E-state index contributed by atoms with van der Waals surface area (Å²) in [6.45, 7) is 0. The molecule has 0 saturated carbocycles. The maximum Gasteiger partial charge on any atom is 0.170 e. The summed E-state index contributed by atoms with van der Waals surface area (Å²) in [4.78, 5) is 4.00. The number of halogens is 2. The van der Waals surface area contributed by atoms with Gasteiger partial charge in [-0.05, 0) is 22.0 Å². The van der Waals surface area contributed by atoms with Crippen molar-refractivity contribution in [1.82, 2.24) is 10.1 Å². The van der Waals surface area contributed by atoms with Crippen molar-refractivity contribution in [3.8, 4) is 11.3 Å². The fourth-order valence-electron chi connectivity index (χ4n) is 1.15. The molecule has 2 aromatic heterocycles. The maximum absolute atomic E-state index is 5.72. The Morgan fingerprint density at radius 2 is 2.27 bits per heavy atom. The number of hydrogen-bond acceptors (Lipinski definition) is 4. The smallest absolute Gasteiger partial charge is 0.170 e. The first kappa shape index (κ1) is 10.4. The summed E-state index contributed by atoms with van der Waals surface area (Å²) in [5.74, 6) is 1.28. The molecule has 2 N–H and O–H groups in total. The number of anilines is 1. The largest absolute Gasteiger partial charge is 0.383 e. The molecule has 0 unspecified atom stereocenters. The van der Waals surface area contributed by atoms with Crippen LogP contribution in [0.4, 0.5) is 5.82 Å². The predicted molar refractivity (Wildman–Crippen MR) is 61.4 cm³/mol. The summed E-state index contributed by atoms with van der Waals surface area (Å²) in [6.07, 6.45) is 1.62. The van der Waals surface area contributed by atoms with Crippen molar-refractivity contribution < 1.29 is 4.52 Å². The third-order valence-corrected chi connectivity index (χ3v) is 2.55.